The largest absolute Gasteiger partial charge is 0.467 e. The molecule has 1 aliphatic rings. The fourth-order valence-corrected chi connectivity index (χ4v) is 3.17. The number of benzene rings is 1. The molecule has 0 N–H and O–H groups in total. The number of furan rings is 1. The first-order chi connectivity index (χ1) is 11.9. The van der Waals surface area contributed by atoms with Gasteiger partial charge in [-0.1, -0.05) is 18.2 Å². The molecule has 0 aliphatic carbocycles. The molecule has 3 nitrogen and oxygen atoms in total. The minimum Gasteiger partial charge on any atom is -0.467 e. The van der Waals surface area contributed by atoms with E-state index in [4.69, 9.17) is 8.53 Å². The average molecular weight is 292 g/mol. The van der Waals surface area contributed by atoms with Gasteiger partial charge < -0.3 is 9.23 Å². The van der Waals surface area contributed by atoms with Crippen molar-refractivity contribution in [2.45, 2.75) is 6.85 Å². The molecule has 0 unspecified atom stereocenters. The Labute approximate surface area is 134 Å². The Morgan fingerprint density at radius 3 is 2.91 bits per heavy atom. The van der Waals surface area contributed by atoms with Crippen LogP contribution < -0.4 is 15.8 Å². The molecule has 0 radical (unpaired) electrons. The molecule has 0 bridgehead atoms. The molecule has 1 aromatic carbocycles. The fourth-order valence-electron chi connectivity index (χ4n) is 3.17. The van der Waals surface area contributed by atoms with Gasteiger partial charge in [0.25, 0.3) is 0 Å². The highest BCUT2D eigenvalue weighted by Gasteiger charge is 2.39. The number of aromatic nitrogens is 1. The first kappa shape index (κ1) is 10.3. The predicted octanol–water partition coefficient (Wildman–Crippen LogP) is 1.59. The molecule has 108 valence electrons. The maximum Gasteiger partial charge on any atom is 0.443 e. The van der Waals surface area contributed by atoms with Gasteiger partial charge in [-0.15, -0.1) is 0 Å². The summed E-state index contributed by atoms with van der Waals surface area (Å²) in [6.07, 6.45) is 5.78. The number of pyridine rings is 1. The van der Waals surface area contributed by atoms with E-state index in [0.717, 1.165) is 27.8 Å². The third-order valence-electron chi connectivity index (χ3n) is 4.25. The van der Waals surface area contributed by atoms with Crippen molar-refractivity contribution >= 4 is 35.1 Å². The van der Waals surface area contributed by atoms with E-state index < -0.39 is 6.85 Å². The van der Waals surface area contributed by atoms with Crippen LogP contribution in [0.4, 0.5) is 0 Å². The number of hydrogen-bond acceptors (Lipinski definition) is 2. The van der Waals surface area contributed by atoms with Crippen LogP contribution in [0.15, 0.2) is 53.2 Å². The first-order valence-corrected chi connectivity index (χ1v) is 7.28. The predicted molar refractivity (Wildman–Crippen MR) is 90.4 cm³/mol. The second-order valence-electron chi connectivity index (χ2n) is 5.71. The summed E-state index contributed by atoms with van der Waals surface area (Å²) in [5.74, 6) is 0. The lowest BCUT2D eigenvalue weighted by molar-refractivity contribution is -0.654. The topological polar surface area (TPSA) is 20.3 Å². The third-order valence-corrected chi connectivity index (χ3v) is 4.25. The second kappa shape index (κ2) is 4.77. The maximum absolute atomic E-state index is 7.59. The highest BCUT2D eigenvalue weighted by Crippen LogP contribution is 2.23. The zero-order chi connectivity index (χ0) is 17.8. The average Bonchev–Trinajstić information content (AvgIpc) is 2.93. The van der Waals surface area contributed by atoms with Crippen molar-refractivity contribution in [1.29, 1.82) is 0 Å². The van der Waals surface area contributed by atoms with Crippen LogP contribution in [0.25, 0.3) is 17.0 Å². The molecule has 0 amide bonds. The zero-order valence-corrected chi connectivity index (χ0v) is 12.6. The van der Waals surface area contributed by atoms with Crippen molar-refractivity contribution in [3.8, 4) is 0 Å². The van der Waals surface area contributed by atoms with E-state index in [1.54, 1.807) is 12.3 Å². The molecule has 4 rings (SSSR count). The lowest BCUT2D eigenvalue weighted by atomic mass is 9.52. The normalized spacial score (nSPS) is 16.4. The van der Waals surface area contributed by atoms with Crippen molar-refractivity contribution in [2.75, 3.05) is 7.05 Å². The van der Waals surface area contributed by atoms with Gasteiger partial charge in [-0.3, -0.25) is 0 Å². The van der Waals surface area contributed by atoms with Gasteiger partial charge in [0.2, 0.25) is 0 Å². The van der Waals surface area contributed by atoms with Crippen LogP contribution in [0.2, 0.25) is 0 Å². The summed E-state index contributed by atoms with van der Waals surface area (Å²) in [6, 6.07) is 11.5. The quantitative estimate of drug-likeness (QED) is 0.501. The Morgan fingerprint density at radius 1 is 1.23 bits per heavy atom. The molecule has 1 aliphatic heterocycles. The van der Waals surface area contributed by atoms with Gasteiger partial charge in [0, 0.05) is 20.6 Å². The molecule has 3 heterocycles. The van der Waals surface area contributed by atoms with E-state index in [9.17, 15) is 0 Å². The highest BCUT2D eigenvalue weighted by molar-refractivity contribution is 6.82. The monoisotopic (exact) mass is 292 g/mol. The maximum atomic E-state index is 7.59. The highest BCUT2D eigenvalue weighted by atomic mass is 16.3. The van der Waals surface area contributed by atoms with Gasteiger partial charge >= 0.3 is 6.85 Å². The van der Waals surface area contributed by atoms with E-state index >= 15 is 0 Å². The molecule has 0 fully saturated rings. The summed E-state index contributed by atoms with van der Waals surface area (Å²) in [5, 5.41) is 1.09. The van der Waals surface area contributed by atoms with Crippen molar-refractivity contribution in [1.82, 2.24) is 4.81 Å². The number of nitrogens with zero attached hydrogens (tertiary/aromatic N) is 2. The lowest BCUT2D eigenvalue weighted by Crippen LogP contribution is -2.65. The van der Waals surface area contributed by atoms with Crippen LogP contribution in [0.3, 0.4) is 0 Å². The Bertz CT molecular complexity index is 994. The summed E-state index contributed by atoms with van der Waals surface area (Å²) >= 11 is 0. The Hall–Kier alpha value is -2.49. The molecule has 4 heteroatoms. The summed E-state index contributed by atoms with van der Waals surface area (Å²) in [5.41, 5.74) is 4.12. The van der Waals surface area contributed by atoms with Crippen molar-refractivity contribution < 1.29 is 13.1 Å². The molecule has 0 atom stereocenters. The van der Waals surface area contributed by atoms with Crippen LogP contribution in [0.5, 0.6) is 0 Å². The molecule has 3 aromatic rings. The molecular formula is C18H18BN2O+. The Kier molecular flexibility index (Phi) is 2.23. The number of fused-ring (bicyclic) bond motifs is 3. The summed E-state index contributed by atoms with van der Waals surface area (Å²) in [6.45, 7) is -2.22. The Morgan fingerprint density at radius 2 is 2.09 bits per heavy atom. The summed E-state index contributed by atoms with van der Waals surface area (Å²) in [4.78, 5) is 2.08. The summed E-state index contributed by atoms with van der Waals surface area (Å²) in [7, 11) is 3.87. The number of hydrogen-bond donors (Lipinski definition) is 0. The smallest absolute Gasteiger partial charge is 0.443 e. The van der Waals surface area contributed by atoms with Crippen molar-refractivity contribution in [2.24, 2.45) is 7.05 Å². The van der Waals surface area contributed by atoms with Crippen molar-refractivity contribution in [3.63, 3.8) is 0 Å². The summed E-state index contributed by atoms with van der Waals surface area (Å²) < 4.78 is 30.8. The number of para-hydroxylation sites is 1. The van der Waals surface area contributed by atoms with E-state index in [-0.39, 0.29) is 6.85 Å². The fraction of sp³-hybridized carbons (Fsp3) is 0.167. The molecule has 0 saturated heterocycles. The minimum atomic E-state index is -2.11. The van der Waals surface area contributed by atoms with Crippen LogP contribution in [0.1, 0.15) is 15.2 Å². The van der Waals surface area contributed by atoms with Crippen LogP contribution in [-0.4, -0.2) is 18.7 Å². The SMILES string of the molecule is [2H]C([2H])([2H])c1ccc(B2c3oc4ccccc4c3C=CN2C)[n+](C)c1. The second-order valence-corrected chi connectivity index (χ2v) is 5.71. The molecule has 22 heavy (non-hydrogen) atoms. The standard InChI is InChI=1S/C18H18BN2O/c1-13-8-9-17(20(2)12-13)19-18-15(10-11-21(19)3)14-6-4-5-7-16(14)22-18/h4-12H,1-3H3/q+1/i1D3. The van der Waals surface area contributed by atoms with Gasteiger partial charge in [-0.2, -0.15) is 0 Å². The molecule has 0 saturated carbocycles. The van der Waals surface area contributed by atoms with Gasteiger partial charge in [0.1, 0.15) is 18.3 Å². The minimum absolute atomic E-state index is 0.108. The molecule has 0 spiro atoms. The first-order valence-electron chi connectivity index (χ1n) is 8.78. The van der Waals surface area contributed by atoms with E-state index in [1.807, 2.05) is 49.1 Å². The number of aryl methyl sites for hydroxylation is 2. The lowest BCUT2D eigenvalue weighted by Gasteiger charge is -2.23. The van der Waals surface area contributed by atoms with Crippen LogP contribution >= 0.6 is 0 Å². The van der Waals surface area contributed by atoms with Gasteiger partial charge in [-0.05, 0) is 44.4 Å². The van der Waals surface area contributed by atoms with E-state index in [0.29, 0.717) is 5.56 Å². The van der Waals surface area contributed by atoms with Crippen LogP contribution in [-0.2, 0) is 7.05 Å². The van der Waals surface area contributed by atoms with E-state index in [2.05, 4.69) is 17.0 Å². The number of rotatable bonds is 1. The van der Waals surface area contributed by atoms with Crippen molar-refractivity contribution in [3.05, 3.63) is 59.9 Å². The molecular weight excluding hydrogens is 271 g/mol. The zero-order valence-electron chi connectivity index (χ0n) is 15.6. The van der Waals surface area contributed by atoms with Gasteiger partial charge in [-0.25, -0.2) is 4.57 Å². The Balaban J connectivity index is 1.88. The molecule has 2 aromatic heterocycles. The van der Waals surface area contributed by atoms with Gasteiger partial charge in [0.05, 0.1) is 0 Å². The van der Waals surface area contributed by atoms with Gasteiger partial charge in [0.15, 0.2) is 11.8 Å². The van der Waals surface area contributed by atoms with E-state index in [1.165, 1.54) is 0 Å². The third kappa shape index (κ3) is 1.87. The van der Waals surface area contributed by atoms with Crippen LogP contribution in [0, 0.1) is 6.85 Å².